The molecule has 2 saturated heterocycles. The molecule has 8 nitrogen and oxygen atoms in total. The molecule has 0 unspecified atom stereocenters. The summed E-state index contributed by atoms with van der Waals surface area (Å²) in [6.07, 6.45) is 7.37. The Bertz CT molecular complexity index is 1230. The molecule has 2 aliphatic rings. The fraction of sp³-hybridized carbons (Fsp3) is 0.444. The van der Waals surface area contributed by atoms with Gasteiger partial charge in [-0.05, 0) is 37.1 Å². The van der Waals surface area contributed by atoms with Crippen LogP contribution < -0.4 is 5.32 Å². The molecule has 0 bridgehead atoms. The van der Waals surface area contributed by atoms with Gasteiger partial charge in [-0.15, -0.1) is 0 Å². The Morgan fingerprint density at radius 1 is 1.06 bits per heavy atom. The lowest BCUT2D eigenvalue weighted by molar-refractivity contribution is -0.571. The summed E-state index contributed by atoms with van der Waals surface area (Å²) in [6.45, 7) is 6.60. The number of carbonyl (C=O) groups excluding carboxylic acids is 1. The molecule has 1 amide bonds. The topological polar surface area (TPSA) is 90.5 Å². The van der Waals surface area contributed by atoms with Gasteiger partial charge < -0.3 is 15.0 Å². The second-order valence-electron chi connectivity index (χ2n) is 9.55. The van der Waals surface area contributed by atoms with Gasteiger partial charge in [0.1, 0.15) is 17.2 Å². The number of benzene rings is 1. The van der Waals surface area contributed by atoms with E-state index in [2.05, 4.69) is 15.2 Å². The number of morpholine rings is 1. The lowest BCUT2D eigenvalue weighted by Gasteiger charge is -2.25. The zero-order valence-corrected chi connectivity index (χ0v) is 20.6. The van der Waals surface area contributed by atoms with E-state index in [9.17, 15) is 9.18 Å². The van der Waals surface area contributed by atoms with Crippen molar-refractivity contribution in [2.45, 2.75) is 25.7 Å². The van der Waals surface area contributed by atoms with Crippen LogP contribution in [0.15, 0.2) is 42.7 Å². The fourth-order valence-corrected chi connectivity index (χ4v) is 5.05. The molecule has 3 aromatic rings. The number of rotatable bonds is 7. The van der Waals surface area contributed by atoms with Crippen molar-refractivity contribution in [3.8, 4) is 0 Å². The predicted octanol–water partition coefficient (Wildman–Crippen LogP) is 2.43. The first-order chi connectivity index (χ1) is 17.6. The minimum atomic E-state index is -0.384. The number of hydrogen-bond donors (Lipinski definition) is 2. The van der Waals surface area contributed by atoms with Crippen molar-refractivity contribution in [2.24, 2.45) is 0 Å². The monoisotopic (exact) mass is 493 g/mol. The highest BCUT2D eigenvalue weighted by molar-refractivity contribution is 6.13. The molecule has 0 aliphatic carbocycles. The Hall–Kier alpha value is -3.14. The minimum Gasteiger partial charge on any atom is -0.379 e. The summed E-state index contributed by atoms with van der Waals surface area (Å²) >= 11 is 0. The summed E-state index contributed by atoms with van der Waals surface area (Å²) in [7, 11) is 0. The van der Waals surface area contributed by atoms with Gasteiger partial charge in [0.15, 0.2) is 0 Å². The van der Waals surface area contributed by atoms with Gasteiger partial charge in [-0.1, -0.05) is 12.8 Å². The minimum absolute atomic E-state index is 0.0506. The third kappa shape index (κ3) is 5.48. The van der Waals surface area contributed by atoms with E-state index in [0.717, 1.165) is 71.0 Å². The van der Waals surface area contributed by atoms with Crippen molar-refractivity contribution in [1.29, 1.82) is 5.41 Å². The molecule has 5 rings (SSSR count). The Labute approximate surface area is 210 Å². The van der Waals surface area contributed by atoms with Crippen molar-refractivity contribution in [3.05, 3.63) is 65.4 Å². The largest absolute Gasteiger partial charge is 0.379 e. The number of nitrogens with two attached hydrogens (primary N) is 1. The number of quaternary nitrogens is 1. The molecular formula is C27H34FN6O2+. The van der Waals surface area contributed by atoms with Crippen LogP contribution in [0.1, 0.15) is 47.3 Å². The van der Waals surface area contributed by atoms with Gasteiger partial charge in [-0.2, -0.15) is 0 Å². The third-order valence-electron chi connectivity index (χ3n) is 7.10. The Balaban J connectivity index is 1.42. The van der Waals surface area contributed by atoms with E-state index in [4.69, 9.17) is 10.1 Å². The lowest BCUT2D eigenvalue weighted by atomic mass is 10.0. The Morgan fingerprint density at radius 2 is 1.83 bits per heavy atom. The van der Waals surface area contributed by atoms with Crippen molar-refractivity contribution < 1.29 is 19.2 Å². The lowest BCUT2D eigenvalue weighted by Crippen LogP contribution is -2.80. The summed E-state index contributed by atoms with van der Waals surface area (Å²) in [5.74, 6) is -0.333. The van der Waals surface area contributed by atoms with E-state index in [1.54, 1.807) is 16.7 Å². The number of amides is 1. The number of halogens is 1. The zero-order chi connectivity index (χ0) is 24.9. The van der Waals surface area contributed by atoms with Crippen LogP contribution in [-0.4, -0.2) is 83.3 Å². The van der Waals surface area contributed by atoms with Gasteiger partial charge in [0, 0.05) is 50.6 Å². The smallest absolute Gasteiger partial charge is 0.254 e. The van der Waals surface area contributed by atoms with Crippen LogP contribution >= 0.6 is 0 Å². The highest BCUT2D eigenvalue weighted by Crippen LogP contribution is 2.21. The molecule has 0 saturated carbocycles. The van der Waals surface area contributed by atoms with E-state index in [0.29, 0.717) is 22.5 Å². The van der Waals surface area contributed by atoms with E-state index in [1.165, 1.54) is 25.1 Å². The molecule has 1 aromatic carbocycles. The van der Waals surface area contributed by atoms with Crippen molar-refractivity contribution in [2.75, 3.05) is 52.5 Å². The molecule has 190 valence electrons. The second-order valence-corrected chi connectivity index (χ2v) is 9.55. The Kier molecular flexibility index (Phi) is 7.69. The average Bonchev–Trinajstić information content (AvgIpc) is 3.12. The SMILES string of the molecule is N=C(c1ccc(C(=O)N2CCCCCC2)cc1[NH2+]CCN1CCOCC1)c1cnc2ccc(F)cn12. The molecule has 2 fully saturated rings. The van der Waals surface area contributed by atoms with Crippen LogP contribution in [-0.2, 0) is 4.74 Å². The molecular weight excluding hydrogens is 459 g/mol. The van der Waals surface area contributed by atoms with E-state index >= 15 is 0 Å². The first-order valence-electron chi connectivity index (χ1n) is 12.9. The molecule has 3 N–H and O–H groups in total. The molecule has 9 heteroatoms. The second kappa shape index (κ2) is 11.3. The molecule has 4 heterocycles. The maximum atomic E-state index is 13.9. The molecule has 2 aliphatic heterocycles. The van der Waals surface area contributed by atoms with Gasteiger partial charge in [-0.25, -0.2) is 9.37 Å². The van der Waals surface area contributed by atoms with Crippen LogP contribution in [0, 0.1) is 11.2 Å². The van der Waals surface area contributed by atoms with Crippen LogP contribution in [0.3, 0.4) is 0 Å². The normalized spacial score (nSPS) is 17.3. The number of nitrogens with one attached hydrogen (secondary N) is 1. The summed E-state index contributed by atoms with van der Waals surface area (Å²) in [5.41, 5.74) is 3.55. The highest BCUT2D eigenvalue weighted by Gasteiger charge is 2.23. The maximum Gasteiger partial charge on any atom is 0.254 e. The van der Waals surface area contributed by atoms with Crippen molar-refractivity contribution in [1.82, 2.24) is 19.2 Å². The van der Waals surface area contributed by atoms with Gasteiger partial charge in [0.25, 0.3) is 5.91 Å². The molecule has 0 spiro atoms. The van der Waals surface area contributed by atoms with E-state index in [-0.39, 0.29) is 17.4 Å². The summed E-state index contributed by atoms with van der Waals surface area (Å²) in [5, 5.41) is 11.1. The molecule has 0 atom stereocenters. The number of hydrogen-bond acceptors (Lipinski definition) is 5. The maximum absolute atomic E-state index is 13.9. The number of nitrogens with zero attached hydrogens (tertiary/aromatic N) is 4. The van der Waals surface area contributed by atoms with Crippen molar-refractivity contribution >= 4 is 23.0 Å². The first-order valence-corrected chi connectivity index (χ1v) is 12.9. The van der Waals surface area contributed by atoms with Crippen LogP contribution in [0.4, 0.5) is 10.1 Å². The fourth-order valence-electron chi connectivity index (χ4n) is 5.05. The van der Waals surface area contributed by atoms with Gasteiger partial charge >= 0.3 is 0 Å². The molecule has 0 radical (unpaired) electrons. The quantitative estimate of drug-likeness (QED) is 0.391. The number of imidazole rings is 1. The number of ether oxygens (including phenoxy) is 1. The average molecular weight is 494 g/mol. The van der Waals surface area contributed by atoms with Crippen molar-refractivity contribution in [3.63, 3.8) is 0 Å². The highest BCUT2D eigenvalue weighted by atomic mass is 19.1. The summed E-state index contributed by atoms with van der Waals surface area (Å²) < 4.78 is 21.0. The summed E-state index contributed by atoms with van der Waals surface area (Å²) in [4.78, 5) is 22.0. The van der Waals surface area contributed by atoms with Gasteiger partial charge in [-0.3, -0.25) is 19.5 Å². The van der Waals surface area contributed by atoms with Gasteiger partial charge in [0.05, 0.1) is 42.9 Å². The van der Waals surface area contributed by atoms with Crippen LogP contribution in [0.25, 0.3) is 5.65 Å². The van der Waals surface area contributed by atoms with E-state index in [1.807, 2.05) is 23.1 Å². The number of pyridine rings is 1. The predicted molar refractivity (Wildman–Crippen MR) is 136 cm³/mol. The zero-order valence-electron chi connectivity index (χ0n) is 20.6. The van der Waals surface area contributed by atoms with E-state index < -0.39 is 0 Å². The number of aromatic nitrogens is 2. The summed E-state index contributed by atoms with van der Waals surface area (Å²) in [6, 6.07) is 8.56. The molecule has 36 heavy (non-hydrogen) atoms. The number of likely N-dealkylation sites (tertiary alicyclic amines) is 1. The number of fused-ring (bicyclic) bond motifs is 1. The number of carbonyl (C=O) groups is 1. The van der Waals surface area contributed by atoms with Crippen LogP contribution in [0.5, 0.6) is 0 Å². The van der Waals surface area contributed by atoms with Gasteiger partial charge in [0.2, 0.25) is 0 Å². The first kappa shape index (κ1) is 24.5. The third-order valence-corrected chi connectivity index (χ3v) is 7.10. The Morgan fingerprint density at radius 3 is 2.61 bits per heavy atom. The van der Waals surface area contributed by atoms with Crippen LogP contribution in [0.2, 0.25) is 0 Å². The standard InChI is InChI=1S/C27H33FN6O2/c28-21-6-8-25-31-18-24(34(25)19-21)26(29)22-7-5-20(27(35)33-10-3-1-2-4-11-33)17-23(22)30-9-12-32-13-15-36-16-14-32/h5-8,17-19,29-30H,1-4,9-16H2/p+1. The molecule has 2 aromatic heterocycles.